The quantitative estimate of drug-likeness (QED) is 0.804. The molecule has 0 bridgehead atoms. The second-order valence-corrected chi connectivity index (χ2v) is 5.89. The molecule has 0 saturated carbocycles. The lowest BCUT2D eigenvalue weighted by molar-refractivity contribution is 1.05. The van der Waals surface area contributed by atoms with Crippen LogP contribution in [-0.4, -0.2) is 9.97 Å². The van der Waals surface area contributed by atoms with E-state index in [1.165, 1.54) is 0 Å². The van der Waals surface area contributed by atoms with Gasteiger partial charge in [-0.2, -0.15) is 0 Å². The molecule has 0 radical (unpaired) electrons. The van der Waals surface area contributed by atoms with Crippen LogP contribution < -0.4 is 5.56 Å². The van der Waals surface area contributed by atoms with Gasteiger partial charge in [-0.05, 0) is 31.5 Å². The van der Waals surface area contributed by atoms with Crippen molar-refractivity contribution in [1.82, 2.24) is 9.97 Å². The number of aromatic nitrogens is 2. The predicted octanol–water partition coefficient (Wildman–Crippen LogP) is 3.45. The Morgan fingerprint density at radius 3 is 2.75 bits per heavy atom. The third-order valence-corrected chi connectivity index (χ3v) is 3.55. The summed E-state index contributed by atoms with van der Waals surface area (Å²) in [6.07, 6.45) is 0. The predicted molar refractivity (Wildman–Crippen MR) is 72.1 cm³/mol. The Kier molecular flexibility index (Phi) is 3.17. The molecule has 0 aliphatic heterocycles. The van der Waals surface area contributed by atoms with Crippen LogP contribution in [-0.2, 0) is 0 Å². The third kappa shape index (κ3) is 2.06. The van der Waals surface area contributed by atoms with Crippen LogP contribution in [0.5, 0.6) is 0 Å². The maximum absolute atomic E-state index is 11.8. The highest BCUT2D eigenvalue weighted by Crippen LogP contribution is 2.31. The molecule has 0 saturated heterocycles. The number of fused-ring (bicyclic) bond motifs is 1. The molecular weight excluding hydrogens is 336 g/mol. The summed E-state index contributed by atoms with van der Waals surface area (Å²) in [6.45, 7) is 3.79. The van der Waals surface area contributed by atoms with E-state index in [-0.39, 0.29) is 10.4 Å². The fraction of sp³-hybridized carbons (Fsp3) is 0.273. The highest BCUT2D eigenvalue weighted by atomic mass is 79.9. The number of hydrogen-bond donors (Lipinski definition) is 1. The van der Waals surface area contributed by atoms with Crippen molar-refractivity contribution in [2.75, 3.05) is 0 Å². The Morgan fingerprint density at radius 1 is 1.44 bits per heavy atom. The van der Waals surface area contributed by atoms with Crippen LogP contribution in [0.3, 0.4) is 0 Å². The number of hydrogen-bond acceptors (Lipinski definition) is 2. The number of aryl methyl sites for hydroxylation is 1. The number of nitrogens with one attached hydrogen (secondary N) is 1. The van der Waals surface area contributed by atoms with E-state index in [2.05, 4.69) is 41.8 Å². The monoisotopic (exact) mass is 344 g/mol. The first kappa shape index (κ1) is 11.8. The van der Waals surface area contributed by atoms with Crippen molar-refractivity contribution in [3.8, 4) is 0 Å². The summed E-state index contributed by atoms with van der Waals surface area (Å²) in [5.41, 5.74) is 1.66. The Morgan fingerprint density at radius 2 is 2.12 bits per heavy atom. The van der Waals surface area contributed by atoms with Crippen molar-refractivity contribution in [3.05, 3.63) is 38.3 Å². The maximum Gasteiger partial charge on any atom is 0.258 e. The van der Waals surface area contributed by atoms with Gasteiger partial charge in [0.05, 0.1) is 10.9 Å². The van der Waals surface area contributed by atoms with E-state index in [0.29, 0.717) is 16.7 Å². The average Bonchev–Trinajstić information content (AvgIpc) is 2.15. The molecule has 84 valence electrons. The zero-order valence-corrected chi connectivity index (χ0v) is 12.0. The van der Waals surface area contributed by atoms with Gasteiger partial charge in [0.1, 0.15) is 5.82 Å². The van der Waals surface area contributed by atoms with Gasteiger partial charge in [-0.1, -0.05) is 31.9 Å². The third-order valence-electron chi connectivity index (χ3n) is 2.37. The van der Waals surface area contributed by atoms with Crippen molar-refractivity contribution in [2.24, 2.45) is 0 Å². The van der Waals surface area contributed by atoms with Crippen molar-refractivity contribution in [1.29, 1.82) is 0 Å². The Bertz CT molecular complexity index is 605. The minimum absolute atomic E-state index is 0.0931. The molecule has 2 rings (SSSR count). The van der Waals surface area contributed by atoms with Gasteiger partial charge in [0.2, 0.25) is 0 Å². The molecule has 0 aliphatic carbocycles. The SMILES string of the molecule is Cc1nc2cc(Br)c(C(C)Br)cc2c(=O)[nH]1. The molecule has 2 aromatic rings. The number of H-pyrrole nitrogens is 1. The van der Waals surface area contributed by atoms with Gasteiger partial charge in [0.25, 0.3) is 5.56 Å². The van der Waals surface area contributed by atoms with Crippen LogP contribution in [0.25, 0.3) is 10.9 Å². The molecule has 0 spiro atoms. The van der Waals surface area contributed by atoms with E-state index in [4.69, 9.17) is 0 Å². The molecule has 1 atom stereocenters. The summed E-state index contributed by atoms with van der Waals surface area (Å²) in [6, 6.07) is 3.74. The lowest BCUT2D eigenvalue weighted by Gasteiger charge is -2.08. The van der Waals surface area contributed by atoms with Crippen LogP contribution in [0.1, 0.15) is 23.1 Å². The van der Waals surface area contributed by atoms with Gasteiger partial charge in [0, 0.05) is 9.30 Å². The number of halogens is 2. The van der Waals surface area contributed by atoms with Crippen LogP contribution in [0.2, 0.25) is 0 Å². The van der Waals surface area contributed by atoms with Crippen molar-refractivity contribution in [2.45, 2.75) is 18.7 Å². The maximum atomic E-state index is 11.8. The Balaban J connectivity index is 2.85. The van der Waals surface area contributed by atoms with Gasteiger partial charge in [-0.25, -0.2) is 4.98 Å². The minimum Gasteiger partial charge on any atom is -0.310 e. The molecule has 1 aromatic carbocycles. The standard InChI is InChI=1S/C11H10Br2N2O/c1-5(12)7-3-8-10(4-9(7)13)14-6(2)15-11(8)16/h3-5H,1-2H3,(H,14,15,16). The first-order chi connectivity index (χ1) is 7.49. The van der Waals surface area contributed by atoms with Gasteiger partial charge >= 0.3 is 0 Å². The largest absolute Gasteiger partial charge is 0.310 e. The first-order valence-electron chi connectivity index (χ1n) is 4.83. The van der Waals surface area contributed by atoms with E-state index >= 15 is 0 Å². The Hall–Kier alpha value is -0.680. The highest BCUT2D eigenvalue weighted by molar-refractivity contribution is 9.11. The van der Waals surface area contributed by atoms with E-state index in [1.54, 1.807) is 6.92 Å². The van der Waals surface area contributed by atoms with Crippen LogP contribution in [0.4, 0.5) is 0 Å². The lowest BCUT2D eigenvalue weighted by atomic mass is 10.1. The summed E-state index contributed by atoms with van der Waals surface area (Å²) >= 11 is 6.98. The molecule has 1 unspecified atom stereocenters. The highest BCUT2D eigenvalue weighted by Gasteiger charge is 2.10. The molecular formula is C11H10Br2N2O. The second-order valence-electron chi connectivity index (χ2n) is 3.66. The first-order valence-corrected chi connectivity index (χ1v) is 6.54. The van der Waals surface area contributed by atoms with E-state index in [1.807, 2.05) is 19.1 Å². The van der Waals surface area contributed by atoms with E-state index in [0.717, 1.165) is 10.0 Å². The average molecular weight is 346 g/mol. The van der Waals surface area contributed by atoms with Gasteiger partial charge < -0.3 is 4.98 Å². The zero-order valence-electron chi connectivity index (χ0n) is 8.84. The topological polar surface area (TPSA) is 45.8 Å². The lowest BCUT2D eigenvalue weighted by Crippen LogP contribution is -2.10. The normalized spacial score (nSPS) is 13.0. The van der Waals surface area contributed by atoms with Crippen LogP contribution in [0.15, 0.2) is 21.4 Å². The van der Waals surface area contributed by atoms with Crippen LogP contribution in [0, 0.1) is 6.92 Å². The van der Waals surface area contributed by atoms with Crippen molar-refractivity contribution < 1.29 is 0 Å². The van der Waals surface area contributed by atoms with Gasteiger partial charge in [-0.15, -0.1) is 0 Å². The molecule has 1 aromatic heterocycles. The van der Waals surface area contributed by atoms with E-state index < -0.39 is 0 Å². The molecule has 5 heteroatoms. The number of alkyl halides is 1. The summed E-state index contributed by atoms with van der Waals surface area (Å²) in [5, 5.41) is 0.620. The Labute approximate surface area is 110 Å². The minimum atomic E-state index is -0.0931. The molecule has 1 heterocycles. The molecule has 3 nitrogen and oxygen atoms in total. The smallest absolute Gasteiger partial charge is 0.258 e. The van der Waals surface area contributed by atoms with Crippen molar-refractivity contribution >= 4 is 42.8 Å². The molecule has 1 N–H and O–H groups in total. The summed E-state index contributed by atoms with van der Waals surface area (Å²) in [7, 11) is 0. The number of rotatable bonds is 1. The second kappa shape index (κ2) is 4.30. The molecule has 0 amide bonds. The fourth-order valence-electron chi connectivity index (χ4n) is 1.60. The summed E-state index contributed by atoms with van der Waals surface area (Å²) < 4.78 is 0.960. The van der Waals surface area contributed by atoms with Crippen LogP contribution >= 0.6 is 31.9 Å². The summed E-state index contributed by atoms with van der Waals surface area (Å²) in [4.78, 5) is 18.9. The molecule has 16 heavy (non-hydrogen) atoms. The number of aromatic amines is 1. The van der Waals surface area contributed by atoms with Crippen molar-refractivity contribution in [3.63, 3.8) is 0 Å². The number of benzene rings is 1. The fourth-order valence-corrected chi connectivity index (χ4v) is 2.96. The van der Waals surface area contributed by atoms with Gasteiger partial charge in [-0.3, -0.25) is 4.79 Å². The zero-order chi connectivity index (χ0) is 11.9. The molecule has 0 aliphatic rings. The number of nitrogens with zero attached hydrogens (tertiary/aromatic N) is 1. The molecule has 0 fully saturated rings. The van der Waals surface area contributed by atoms with Gasteiger partial charge in [0.15, 0.2) is 0 Å². The van der Waals surface area contributed by atoms with E-state index in [9.17, 15) is 4.79 Å². The summed E-state index contributed by atoms with van der Waals surface area (Å²) in [5.74, 6) is 0.629.